The van der Waals surface area contributed by atoms with Crippen LogP contribution in [0.2, 0.25) is 0 Å². The Bertz CT molecular complexity index is 1280. The van der Waals surface area contributed by atoms with Gasteiger partial charge in [0.15, 0.2) is 11.6 Å². The number of amides is 1. The van der Waals surface area contributed by atoms with Crippen LogP contribution in [0.1, 0.15) is 35.2 Å². The number of hydrogen-bond donors (Lipinski definition) is 1. The average molecular weight is 505 g/mol. The molecular weight excluding hydrogens is 471 g/mol. The standard InChI is InChI=1S/C28H33FN6O2/c1-32-27-21(18-30-32)19-35(25-6-3-2-5-24(25)31-27)28(36)20-7-10-26(23(29)17-20)37-16-4-11-33-12-14-34(15-13-33)22-8-9-22/h2-3,5-7,10,17-18,22,31H,4,8-9,11-16,19H2,1H3. The van der Waals surface area contributed by atoms with Gasteiger partial charge in [0.1, 0.15) is 5.82 Å². The Morgan fingerprint density at radius 2 is 1.95 bits per heavy atom. The number of rotatable bonds is 7. The van der Waals surface area contributed by atoms with E-state index < -0.39 is 5.82 Å². The summed E-state index contributed by atoms with van der Waals surface area (Å²) >= 11 is 0. The Balaban J connectivity index is 1.08. The third-order valence-corrected chi connectivity index (χ3v) is 7.56. The molecule has 1 N–H and O–H groups in total. The summed E-state index contributed by atoms with van der Waals surface area (Å²) in [6.07, 6.45) is 5.31. The van der Waals surface area contributed by atoms with E-state index in [-0.39, 0.29) is 17.2 Å². The average Bonchev–Trinajstić information content (AvgIpc) is 3.73. The SMILES string of the molecule is Cn1ncc2c1Nc1ccccc1N(C(=O)c1ccc(OCCCN3CCN(C4CC4)CC3)c(F)c1)C2. The van der Waals surface area contributed by atoms with Crippen molar-refractivity contribution in [3.63, 3.8) is 0 Å². The number of hydrogen-bond acceptors (Lipinski definition) is 6. The Hall–Kier alpha value is -3.43. The van der Waals surface area contributed by atoms with Crippen molar-refractivity contribution < 1.29 is 13.9 Å². The molecule has 1 aromatic heterocycles. The lowest BCUT2D eigenvalue weighted by Gasteiger charge is -2.34. The number of para-hydroxylation sites is 2. The van der Waals surface area contributed by atoms with Gasteiger partial charge in [-0.3, -0.25) is 14.4 Å². The van der Waals surface area contributed by atoms with Gasteiger partial charge < -0.3 is 19.9 Å². The van der Waals surface area contributed by atoms with Crippen LogP contribution in [0.3, 0.4) is 0 Å². The second-order valence-electron chi connectivity index (χ2n) is 10.1. The number of ether oxygens (including phenoxy) is 1. The highest BCUT2D eigenvalue weighted by molar-refractivity contribution is 6.08. The van der Waals surface area contributed by atoms with Gasteiger partial charge in [-0.05, 0) is 49.6 Å². The van der Waals surface area contributed by atoms with Crippen molar-refractivity contribution in [1.29, 1.82) is 0 Å². The molecule has 2 fully saturated rings. The van der Waals surface area contributed by atoms with Crippen LogP contribution in [0.5, 0.6) is 5.75 Å². The molecule has 194 valence electrons. The first-order valence-corrected chi connectivity index (χ1v) is 13.1. The molecule has 1 amide bonds. The highest BCUT2D eigenvalue weighted by atomic mass is 19.1. The van der Waals surface area contributed by atoms with Crippen LogP contribution < -0.4 is 15.0 Å². The van der Waals surface area contributed by atoms with Crippen LogP contribution in [-0.4, -0.2) is 70.9 Å². The van der Waals surface area contributed by atoms with E-state index in [9.17, 15) is 9.18 Å². The number of halogens is 1. The molecule has 3 heterocycles. The largest absolute Gasteiger partial charge is 0.490 e. The quantitative estimate of drug-likeness (QED) is 0.491. The van der Waals surface area contributed by atoms with Crippen molar-refractivity contribution in [2.75, 3.05) is 49.5 Å². The van der Waals surface area contributed by atoms with Crippen molar-refractivity contribution >= 4 is 23.1 Å². The van der Waals surface area contributed by atoms with E-state index in [1.165, 1.54) is 18.9 Å². The number of nitrogens with zero attached hydrogens (tertiary/aromatic N) is 5. The van der Waals surface area contributed by atoms with Crippen LogP contribution in [0, 0.1) is 5.82 Å². The van der Waals surface area contributed by atoms with Gasteiger partial charge in [0.05, 0.1) is 30.7 Å². The lowest BCUT2D eigenvalue weighted by molar-refractivity contribution is 0.0985. The molecule has 9 heteroatoms. The molecule has 3 aliphatic rings. The number of benzene rings is 2. The summed E-state index contributed by atoms with van der Waals surface area (Å²) in [6.45, 7) is 6.22. The highest BCUT2D eigenvalue weighted by Crippen LogP contribution is 2.36. The maximum Gasteiger partial charge on any atom is 0.258 e. The number of fused-ring (bicyclic) bond motifs is 2. The molecule has 1 saturated carbocycles. The highest BCUT2D eigenvalue weighted by Gasteiger charge is 2.31. The zero-order chi connectivity index (χ0) is 25.4. The second-order valence-corrected chi connectivity index (χ2v) is 10.1. The Morgan fingerprint density at radius 1 is 1.14 bits per heavy atom. The zero-order valence-corrected chi connectivity index (χ0v) is 21.2. The minimum atomic E-state index is -0.521. The molecule has 0 bridgehead atoms. The van der Waals surface area contributed by atoms with Gasteiger partial charge in [-0.15, -0.1) is 0 Å². The first-order chi connectivity index (χ1) is 18.1. The number of carbonyl (C=O) groups excluding carboxylic acids is 1. The molecule has 0 radical (unpaired) electrons. The summed E-state index contributed by atoms with van der Waals surface area (Å²) in [5.74, 6) is 0.221. The minimum absolute atomic E-state index is 0.183. The second kappa shape index (κ2) is 10.1. The maximum absolute atomic E-state index is 15.0. The van der Waals surface area contributed by atoms with Crippen LogP contribution in [0.4, 0.5) is 21.6 Å². The number of aryl methyl sites for hydroxylation is 1. The van der Waals surface area contributed by atoms with E-state index in [4.69, 9.17) is 4.74 Å². The van der Waals surface area contributed by atoms with Gasteiger partial charge >= 0.3 is 0 Å². The smallest absolute Gasteiger partial charge is 0.258 e. The summed E-state index contributed by atoms with van der Waals surface area (Å²) in [4.78, 5) is 20.3. The van der Waals surface area contributed by atoms with Gasteiger partial charge in [-0.2, -0.15) is 5.10 Å². The molecule has 0 atom stereocenters. The monoisotopic (exact) mass is 504 g/mol. The van der Waals surface area contributed by atoms with Gasteiger partial charge in [0, 0.05) is 56.9 Å². The first-order valence-electron chi connectivity index (χ1n) is 13.1. The van der Waals surface area contributed by atoms with Gasteiger partial charge in [-0.25, -0.2) is 4.39 Å². The lowest BCUT2D eigenvalue weighted by atomic mass is 10.1. The van der Waals surface area contributed by atoms with Crippen LogP contribution >= 0.6 is 0 Å². The first kappa shape index (κ1) is 23.9. The van der Waals surface area contributed by atoms with E-state index in [2.05, 4.69) is 20.2 Å². The Labute approximate surface area is 216 Å². The number of nitrogens with one attached hydrogen (secondary N) is 1. The fourth-order valence-corrected chi connectivity index (χ4v) is 5.31. The number of piperazine rings is 1. The summed E-state index contributed by atoms with van der Waals surface area (Å²) < 4.78 is 22.5. The fourth-order valence-electron chi connectivity index (χ4n) is 5.31. The molecule has 0 spiro atoms. The predicted molar refractivity (Wildman–Crippen MR) is 141 cm³/mol. The van der Waals surface area contributed by atoms with E-state index in [0.29, 0.717) is 13.2 Å². The summed E-state index contributed by atoms with van der Waals surface area (Å²) in [7, 11) is 1.86. The Morgan fingerprint density at radius 3 is 2.73 bits per heavy atom. The number of carbonyl (C=O) groups is 1. The molecular formula is C28H33FN6O2. The number of aromatic nitrogens is 2. The topological polar surface area (TPSA) is 65.9 Å². The maximum atomic E-state index is 15.0. The third kappa shape index (κ3) is 5.06. The van der Waals surface area contributed by atoms with Crippen LogP contribution in [0.25, 0.3) is 0 Å². The molecule has 8 nitrogen and oxygen atoms in total. The van der Waals surface area contributed by atoms with Gasteiger partial charge in [-0.1, -0.05) is 12.1 Å². The minimum Gasteiger partial charge on any atom is -0.490 e. The number of anilines is 3. The molecule has 1 saturated heterocycles. The van der Waals surface area contributed by atoms with E-state index in [1.54, 1.807) is 27.9 Å². The molecule has 37 heavy (non-hydrogen) atoms. The molecule has 2 aromatic carbocycles. The van der Waals surface area contributed by atoms with Crippen molar-refractivity contribution in [1.82, 2.24) is 19.6 Å². The predicted octanol–water partition coefficient (Wildman–Crippen LogP) is 4.01. The molecule has 6 rings (SSSR count). The van der Waals surface area contributed by atoms with Gasteiger partial charge in [0.2, 0.25) is 0 Å². The molecule has 2 aliphatic heterocycles. The van der Waals surface area contributed by atoms with Crippen LogP contribution in [0.15, 0.2) is 48.7 Å². The van der Waals surface area contributed by atoms with E-state index in [1.807, 2.05) is 31.3 Å². The summed E-state index contributed by atoms with van der Waals surface area (Å²) in [6, 6.07) is 12.9. The van der Waals surface area contributed by atoms with Crippen molar-refractivity contribution in [3.8, 4) is 5.75 Å². The van der Waals surface area contributed by atoms with E-state index >= 15 is 0 Å². The molecule has 3 aromatic rings. The van der Waals surface area contributed by atoms with Crippen molar-refractivity contribution in [2.24, 2.45) is 7.05 Å². The van der Waals surface area contributed by atoms with Crippen molar-refractivity contribution in [3.05, 3.63) is 65.6 Å². The van der Waals surface area contributed by atoms with Crippen LogP contribution in [-0.2, 0) is 13.6 Å². The zero-order valence-electron chi connectivity index (χ0n) is 21.2. The molecule has 1 aliphatic carbocycles. The van der Waals surface area contributed by atoms with Crippen molar-refractivity contribution in [2.45, 2.75) is 31.8 Å². The fraction of sp³-hybridized carbons (Fsp3) is 0.429. The molecule has 0 unspecified atom stereocenters. The summed E-state index contributed by atoms with van der Waals surface area (Å²) in [5.41, 5.74) is 2.71. The Kier molecular flexibility index (Phi) is 6.56. The lowest BCUT2D eigenvalue weighted by Crippen LogP contribution is -2.47. The normalized spacial score (nSPS) is 18.1. The van der Waals surface area contributed by atoms with E-state index in [0.717, 1.165) is 67.9 Å². The van der Waals surface area contributed by atoms with Gasteiger partial charge in [0.25, 0.3) is 5.91 Å². The summed E-state index contributed by atoms with van der Waals surface area (Å²) in [5, 5.41) is 7.69. The third-order valence-electron chi connectivity index (χ3n) is 7.56.